The van der Waals surface area contributed by atoms with Crippen molar-refractivity contribution < 1.29 is 19.4 Å². The molecule has 0 aliphatic rings. The maximum atomic E-state index is 13.0. The van der Waals surface area contributed by atoms with Gasteiger partial charge in [-0.2, -0.15) is 0 Å². The second-order valence-electron chi connectivity index (χ2n) is 3.14. The lowest BCUT2D eigenvalue weighted by Gasteiger charge is -2.05. The Morgan fingerprint density at radius 1 is 1.53 bits per heavy atom. The summed E-state index contributed by atoms with van der Waals surface area (Å²) in [5, 5.41) is 17.4. The first-order chi connectivity index (χ1) is 7.00. The Hall–Kier alpha value is -0.940. The number of aliphatic hydroxyl groups is 1. The smallest absolute Gasteiger partial charge is 0.332 e. The van der Waals surface area contributed by atoms with Crippen LogP contribution >= 0.6 is 15.9 Å². The molecule has 3 nitrogen and oxygen atoms in total. The molecule has 1 atom stereocenters. The largest absolute Gasteiger partial charge is 0.479 e. The van der Waals surface area contributed by atoms with Crippen molar-refractivity contribution in [1.82, 2.24) is 0 Å². The lowest BCUT2D eigenvalue weighted by Crippen LogP contribution is -2.19. The van der Waals surface area contributed by atoms with Gasteiger partial charge in [-0.3, -0.25) is 0 Å². The number of rotatable bonds is 4. The van der Waals surface area contributed by atoms with E-state index in [9.17, 15) is 9.18 Å². The van der Waals surface area contributed by atoms with Gasteiger partial charge in [0.15, 0.2) is 6.10 Å². The van der Waals surface area contributed by atoms with Gasteiger partial charge in [0.2, 0.25) is 0 Å². The van der Waals surface area contributed by atoms with Crippen LogP contribution in [-0.4, -0.2) is 22.3 Å². The molecule has 15 heavy (non-hydrogen) atoms. The molecular formula is C10H10BrFO3. The summed E-state index contributed by atoms with van der Waals surface area (Å²) in [6.07, 6.45) is -0.981. The molecule has 0 spiro atoms. The molecule has 0 fully saturated rings. The number of benzene rings is 1. The fourth-order valence-electron chi connectivity index (χ4n) is 1.12. The summed E-state index contributed by atoms with van der Waals surface area (Å²) in [7, 11) is 0. The second-order valence-corrected chi connectivity index (χ2v) is 4.00. The SMILES string of the molecule is O=C(O)[C@@H](O)CCc1ccc(Br)c(F)c1. The molecule has 1 aromatic rings. The second kappa shape index (κ2) is 5.23. The number of carbonyl (C=O) groups is 1. The summed E-state index contributed by atoms with van der Waals surface area (Å²) in [6, 6.07) is 4.55. The van der Waals surface area contributed by atoms with Crippen LogP contribution in [0.15, 0.2) is 22.7 Å². The predicted molar refractivity (Wildman–Crippen MR) is 56.1 cm³/mol. The molecule has 0 saturated heterocycles. The topological polar surface area (TPSA) is 57.5 Å². The molecule has 0 bridgehead atoms. The van der Waals surface area contributed by atoms with Crippen LogP contribution in [0.25, 0.3) is 0 Å². The van der Waals surface area contributed by atoms with Gasteiger partial charge in [-0.25, -0.2) is 9.18 Å². The average molecular weight is 277 g/mol. The van der Waals surface area contributed by atoms with Crippen molar-refractivity contribution in [3.63, 3.8) is 0 Å². The molecule has 0 radical (unpaired) electrons. The molecule has 0 aliphatic heterocycles. The highest BCUT2D eigenvalue weighted by atomic mass is 79.9. The van der Waals surface area contributed by atoms with Crippen LogP contribution in [-0.2, 0) is 11.2 Å². The van der Waals surface area contributed by atoms with E-state index in [2.05, 4.69) is 15.9 Å². The minimum atomic E-state index is -1.39. The first-order valence-corrected chi connectivity index (χ1v) is 5.15. The summed E-state index contributed by atoms with van der Waals surface area (Å²) in [6.45, 7) is 0. The third-order valence-corrected chi connectivity index (χ3v) is 2.62. The summed E-state index contributed by atoms with van der Waals surface area (Å²) in [4.78, 5) is 10.3. The summed E-state index contributed by atoms with van der Waals surface area (Å²) in [5.41, 5.74) is 0.663. The number of carboxylic acids is 1. The normalized spacial score (nSPS) is 12.5. The Morgan fingerprint density at radius 2 is 2.20 bits per heavy atom. The lowest BCUT2D eigenvalue weighted by atomic mass is 10.1. The third-order valence-electron chi connectivity index (χ3n) is 1.98. The van der Waals surface area contributed by atoms with Gasteiger partial charge in [-0.05, 0) is 46.5 Å². The van der Waals surface area contributed by atoms with Crippen LogP contribution in [0.1, 0.15) is 12.0 Å². The Balaban J connectivity index is 2.58. The van der Waals surface area contributed by atoms with Crippen molar-refractivity contribution in [3.8, 4) is 0 Å². The van der Waals surface area contributed by atoms with E-state index in [0.717, 1.165) is 0 Å². The number of aryl methyl sites for hydroxylation is 1. The standard InChI is InChI=1S/C10H10BrFO3/c11-7-3-1-6(5-8(7)12)2-4-9(13)10(14)15/h1,3,5,9,13H,2,4H2,(H,14,15)/t9-/m0/s1. The maximum Gasteiger partial charge on any atom is 0.332 e. The van der Waals surface area contributed by atoms with Gasteiger partial charge < -0.3 is 10.2 Å². The van der Waals surface area contributed by atoms with Crippen LogP contribution in [0, 0.1) is 5.82 Å². The number of hydrogen-bond acceptors (Lipinski definition) is 2. The molecule has 2 N–H and O–H groups in total. The van der Waals surface area contributed by atoms with Gasteiger partial charge in [0.1, 0.15) is 5.82 Å². The molecule has 1 rings (SSSR count). The van der Waals surface area contributed by atoms with Gasteiger partial charge in [-0.15, -0.1) is 0 Å². The molecule has 0 amide bonds. The molecule has 0 saturated carbocycles. The van der Waals surface area contributed by atoms with Crippen LogP contribution in [0.3, 0.4) is 0 Å². The summed E-state index contributed by atoms with van der Waals surface area (Å²) >= 11 is 3.01. The van der Waals surface area contributed by atoms with Gasteiger partial charge in [0.25, 0.3) is 0 Å². The van der Waals surface area contributed by atoms with E-state index < -0.39 is 17.9 Å². The zero-order valence-corrected chi connectivity index (χ0v) is 9.37. The minimum absolute atomic E-state index is 0.0798. The van der Waals surface area contributed by atoms with E-state index in [1.165, 1.54) is 6.07 Å². The van der Waals surface area contributed by atoms with Crippen molar-refractivity contribution in [2.75, 3.05) is 0 Å². The summed E-state index contributed by atoms with van der Waals surface area (Å²) < 4.78 is 13.4. The van der Waals surface area contributed by atoms with E-state index in [4.69, 9.17) is 10.2 Å². The highest BCUT2D eigenvalue weighted by Crippen LogP contribution is 2.17. The van der Waals surface area contributed by atoms with Crippen molar-refractivity contribution in [2.45, 2.75) is 18.9 Å². The highest BCUT2D eigenvalue weighted by molar-refractivity contribution is 9.10. The zero-order valence-electron chi connectivity index (χ0n) is 7.78. The fraction of sp³-hybridized carbons (Fsp3) is 0.300. The van der Waals surface area contributed by atoms with E-state index in [0.29, 0.717) is 16.5 Å². The lowest BCUT2D eigenvalue weighted by molar-refractivity contribution is -0.146. The fourth-order valence-corrected chi connectivity index (χ4v) is 1.37. The van der Waals surface area contributed by atoms with Crippen LogP contribution < -0.4 is 0 Å². The van der Waals surface area contributed by atoms with E-state index in [1.807, 2.05) is 0 Å². The van der Waals surface area contributed by atoms with Gasteiger partial charge in [-0.1, -0.05) is 6.07 Å². The molecule has 0 aliphatic carbocycles. The predicted octanol–water partition coefficient (Wildman–Crippen LogP) is 1.97. The maximum absolute atomic E-state index is 13.0. The van der Waals surface area contributed by atoms with E-state index in [-0.39, 0.29) is 6.42 Å². The van der Waals surface area contributed by atoms with Crippen LogP contribution in [0.5, 0.6) is 0 Å². The third kappa shape index (κ3) is 3.60. The quantitative estimate of drug-likeness (QED) is 0.884. The van der Waals surface area contributed by atoms with Crippen molar-refractivity contribution >= 4 is 21.9 Å². The Labute approximate surface area is 94.7 Å². The number of halogens is 2. The average Bonchev–Trinajstić information content (AvgIpc) is 2.19. The molecule has 0 aromatic heterocycles. The van der Waals surface area contributed by atoms with Crippen molar-refractivity contribution in [2.24, 2.45) is 0 Å². The molecule has 0 heterocycles. The minimum Gasteiger partial charge on any atom is -0.479 e. The van der Waals surface area contributed by atoms with Gasteiger partial charge in [0.05, 0.1) is 4.47 Å². The van der Waals surface area contributed by atoms with Crippen molar-refractivity contribution in [3.05, 3.63) is 34.1 Å². The zero-order chi connectivity index (χ0) is 11.4. The molecule has 5 heteroatoms. The first kappa shape index (κ1) is 12.1. The monoisotopic (exact) mass is 276 g/mol. The number of hydrogen-bond donors (Lipinski definition) is 2. The van der Waals surface area contributed by atoms with E-state index in [1.54, 1.807) is 12.1 Å². The van der Waals surface area contributed by atoms with E-state index >= 15 is 0 Å². The van der Waals surface area contributed by atoms with Gasteiger partial charge in [0, 0.05) is 0 Å². The Bertz CT molecular complexity index is 368. The number of aliphatic carboxylic acids is 1. The van der Waals surface area contributed by atoms with Crippen LogP contribution in [0.2, 0.25) is 0 Å². The Morgan fingerprint density at radius 3 is 2.73 bits per heavy atom. The van der Waals surface area contributed by atoms with Crippen molar-refractivity contribution in [1.29, 1.82) is 0 Å². The first-order valence-electron chi connectivity index (χ1n) is 4.35. The molecule has 1 aromatic carbocycles. The molecule has 0 unspecified atom stereocenters. The number of carboxylic acid groups (broad SMARTS) is 1. The van der Waals surface area contributed by atoms with Crippen LogP contribution in [0.4, 0.5) is 4.39 Å². The number of aliphatic hydroxyl groups excluding tert-OH is 1. The highest BCUT2D eigenvalue weighted by Gasteiger charge is 2.12. The van der Waals surface area contributed by atoms with Gasteiger partial charge >= 0.3 is 5.97 Å². The molecular weight excluding hydrogens is 267 g/mol. The Kier molecular flexibility index (Phi) is 4.23. The summed E-state index contributed by atoms with van der Waals surface area (Å²) in [5.74, 6) is -1.65. The molecule has 82 valence electrons.